The standard InChI is InChI=1S/C17H19NO2/c1-12-5-3-4-6-14(12)9-10-18-16-8-7-15(17(19)20)11-13(16)2/h3-8,11,18H,9-10H2,1-2H3,(H,19,20). The summed E-state index contributed by atoms with van der Waals surface area (Å²) in [4.78, 5) is 10.9. The SMILES string of the molecule is Cc1ccccc1CCNc1ccc(C(=O)O)cc1C. The highest BCUT2D eigenvalue weighted by Gasteiger charge is 2.05. The minimum absolute atomic E-state index is 0.326. The Labute approximate surface area is 119 Å². The molecule has 0 amide bonds. The Kier molecular flexibility index (Phi) is 4.41. The predicted molar refractivity (Wildman–Crippen MR) is 81.5 cm³/mol. The fraction of sp³-hybridized carbons (Fsp3) is 0.235. The summed E-state index contributed by atoms with van der Waals surface area (Å²) in [6.07, 6.45) is 0.951. The van der Waals surface area contributed by atoms with Crippen molar-refractivity contribution in [3.05, 3.63) is 64.7 Å². The number of benzene rings is 2. The van der Waals surface area contributed by atoms with Crippen LogP contribution in [-0.4, -0.2) is 17.6 Å². The molecule has 2 rings (SSSR count). The summed E-state index contributed by atoms with van der Waals surface area (Å²) in [6.45, 7) is 4.86. The average Bonchev–Trinajstić information content (AvgIpc) is 2.42. The Morgan fingerprint density at radius 2 is 1.85 bits per heavy atom. The van der Waals surface area contributed by atoms with Crippen LogP contribution < -0.4 is 5.32 Å². The number of carbonyl (C=O) groups is 1. The van der Waals surface area contributed by atoms with E-state index in [1.54, 1.807) is 12.1 Å². The normalized spacial score (nSPS) is 10.3. The first-order valence-electron chi connectivity index (χ1n) is 6.70. The zero-order chi connectivity index (χ0) is 14.5. The van der Waals surface area contributed by atoms with Gasteiger partial charge in [0.25, 0.3) is 0 Å². The lowest BCUT2D eigenvalue weighted by molar-refractivity contribution is 0.0697. The molecule has 0 aromatic heterocycles. The number of carboxylic acids is 1. The first kappa shape index (κ1) is 14.1. The molecule has 104 valence electrons. The highest BCUT2D eigenvalue weighted by atomic mass is 16.4. The molecule has 0 saturated heterocycles. The highest BCUT2D eigenvalue weighted by Crippen LogP contribution is 2.17. The third kappa shape index (κ3) is 3.38. The number of rotatable bonds is 5. The van der Waals surface area contributed by atoms with Gasteiger partial charge in [0.15, 0.2) is 0 Å². The monoisotopic (exact) mass is 269 g/mol. The molecule has 0 aliphatic rings. The van der Waals surface area contributed by atoms with E-state index in [0.29, 0.717) is 5.56 Å². The van der Waals surface area contributed by atoms with Crippen LogP contribution in [0.2, 0.25) is 0 Å². The summed E-state index contributed by atoms with van der Waals surface area (Å²) in [6, 6.07) is 13.5. The van der Waals surface area contributed by atoms with Crippen LogP contribution in [0.15, 0.2) is 42.5 Å². The Balaban J connectivity index is 1.98. The Bertz CT molecular complexity index is 620. The van der Waals surface area contributed by atoms with Crippen molar-refractivity contribution >= 4 is 11.7 Å². The molecule has 3 nitrogen and oxygen atoms in total. The van der Waals surface area contributed by atoms with Gasteiger partial charge in [-0.25, -0.2) is 4.79 Å². The lowest BCUT2D eigenvalue weighted by atomic mass is 10.1. The molecule has 20 heavy (non-hydrogen) atoms. The van der Waals surface area contributed by atoms with Crippen molar-refractivity contribution in [2.45, 2.75) is 20.3 Å². The number of hydrogen-bond acceptors (Lipinski definition) is 2. The van der Waals surface area contributed by atoms with Gasteiger partial charge in [-0.2, -0.15) is 0 Å². The zero-order valence-corrected chi connectivity index (χ0v) is 11.8. The van der Waals surface area contributed by atoms with E-state index in [9.17, 15) is 4.79 Å². The molecule has 0 bridgehead atoms. The fourth-order valence-corrected chi connectivity index (χ4v) is 2.22. The van der Waals surface area contributed by atoms with E-state index in [2.05, 4.69) is 30.4 Å². The maximum atomic E-state index is 10.9. The summed E-state index contributed by atoms with van der Waals surface area (Å²) in [7, 11) is 0. The largest absolute Gasteiger partial charge is 0.478 e. The molecule has 0 spiro atoms. The van der Waals surface area contributed by atoms with Gasteiger partial charge in [-0.3, -0.25) is 0 Å². The maximum Gasteiger partial charge on any atom is 0.335 e. The lowest BCUT2D eigenvalue weighted by Gasteiger charge is -2.11. The van der Waals surface area contributed by atoms with Crippen molar-refractivity contribution in [3.8, 4) is 0 Å². The molecule has 0 heterocycles. The third-order valence-corrected chi connectivity index (χ3v) is 3.44. The number of carboxylic acid groups (broad SMARTS) is 1. The van der Waals surface area contributed by atoms with Gasteiger partial charge in [-0.15, -0.1) is 0 Å². The number of aryl methyl sites for hydroxylation is 2. The maximum absolute atomic E-state index is 10.9. The summed E-state index contributed by atoms with van der Waals surface area (Å²) in [5.41, 5.74) is 4.90. The molecule has 2 aromatic carbocycles. The van der Waals surface area contributed by atoms with Crippen molar-refractivity contribution < 1.29 is 9.90 Å². The third-order valence-electron chi connectivity index (χ3n) is 3.44. The van der Waals surface area contributed by atoms with E-state index in [0.717, 1.165) is 24.2 Å². The van der Waals surface area contributed by atoms with Crippen LogP contribution in [-0.2, 0) is 6.42 Å². The highest BCUT2D eigenvalue weighted by molar-refractivity contribution is 5.88. The lowest BCUT2D eigenvalue weighted by Crippen LogP contribution is -2.07. The second-order valence-corrected chi connectivity index (χ2v) is 4.94. The zero-order valence-electron chi connectivity index (χ0n) is 11.8. The van der Waals surface area contributed by atoms with Gasteiger partial charge >= 0.3 is 5.97 Å². The molecular weight excluding hydrogens is 250 g/mol. The topological polar surface area (TPSA) is 49.3 Å². The van der Waals surface area contributed by atoms with Crippen LogP contribution in [0, 0.1) is 13.8 Å². The Morgan fingerprint density at radius 3 is 2.50 bits per heavy atom. The van der Waals surface area contributed by atoms with E-state index < -0.39 is 5.97 Å². The van der Waals surface area contributed by atoms with Gasteiger partial charge in [-0.05, 0) is 55.2 Å². The summed E-state index contributed by atoms with van der Waals surface area (Å²) in [5.74, 6) is -0.889. The molecule has 0 atom stereocenters. The van der Waals surface area contributed by atoms with Crippen molar-refractivity contribution in [2.24, 2.45) is 0 Å². The van der Waals surface area contributed by atoms with Gasteiger partial charge < -0.3 is 10.4 Å². The molecule has 0 aliphatic carbocycles. The van der Waals surface area contributed by atoms with Crippen LogP contribution in [0.4, 0.5) is 5.69 Å². The quantitative estimate of drug-likeness (QED) is 0.871. The van der Waals surface area contributed by atoms with Gasteiger partial charge in [-0.1, -0.05) is 24.3 Å². The summed E-state index contributed by atoms with van der Waals surface area (Å²) >= 11 is 0. The van der Waals surface area contributed by atoms with Gasteiger partial charge in [0.2, 0.25) is 0 Å². The van der Waals surface area contributed by atoms with Crippen LogP contribution in [0.1, 0.15) is 27.0 Å². The van der Waals surface area contributed by atoms with Crippen LogP contribution >= 0.6 is 0 Å². The van der Waals surface area contributed by atoms with Gasteiger partial charge in [0, 0.05) is 12.2 Å². The minimum Gasteiger partial charge on any atom is -0.478 e. The Morgan fingerprint density at radius 1 is 1.10 bits per heavy atom. The minimum atomic E-state index is -0.889. The Hall–Kier alpha value is -2.29. The molecule has 0 unspecified atom stereocenters. The summed E-state index contributed by atoms with van der Waals surface area (Å²) in [5, 5.41) is 12.3. The van der Waals surface area contributed by atoms with Crippen LogP contribution in [0.3, 0.4) is 0 Å². The van der Waals surface area contributed by atoms with Gasteiger partial charge in [0.1, 0.15) is 0 Å². The number of aromatic carboxylic acids is 1. The molecular formula is C17H19NO2. The molecule has 0 saturated carbocycles. The molecule has 3 heteroatoms. The number of anilines is 1. The van der Waals surface area contributed by atoms with E-state index in [4.69, 9.17) is 5.11 Å². The molecule has 2 N–H and O–H groups in total. The number of hydrogen-bond donors (Lipinski definition) is 2. The van der Waals surface area contributed by atoms with E-state index in [1.165, 1.54) is 11.1 Å². The molecule has 0 radical (unpaired) electrons. The fourth-order valence-electron chi connectivity index (χ4n) is 2.22. The second kappa shape index (κ2) is 6.24. The van der Waals surface area contributed by atoms with Crippen LogP contribution in [0.5, 0.6) is 0 Å². The average molecular weight is 269 g/mol. The van der Waals surface area contributed by atoms with E-state index in [-0.39, 0.29) is 0 Å². The smallest absolute Gasteiger partial charge is 0.335 e. The first-order chi connectivity index (χ1) is 9.58. The van der Waals surface area contributed by atoms with Crippen LogP contribution in [0.25, 0.3) is 0 Å². The molecule has 0 aliphatic heterocycles. The first-order valence-corrected chi connectivity index (χ1v) is 6.70. The van der Waals surface area contributed by atoms with Gasteiger partial charge in [0.05, 0.1) is 5.56 Å². The van der Waals surface area contributed by atoms with E-state index in [1.807, 2.05) is 19.1 Å². The van der Waals surface area contributed by atoms with E-state index >= 15 is 0 Å². The number of nitrogens with one attached hydrogen (secondary N) is 1. The summed E-state index contributed by atoms with van der Waals surface area (Å²) < 4.78 is 0. The van der Waals surface area contributed by atoms with Crippen molar-refractivity contribution in [1.82, 2.24) is 0 Å². The molecule has 0 fully saturated rings. The van der Waals surface area contributed by atoms with Crippen molar-refractivity contribution in [2.75, 3.05) is 11.9 Å². The predicted octanol–water partition coefficient (Wildman–Crippen LogP) is 3.66. The molecule has 2 aromatic rings. The van der Waals surface area contributed by atoms with Crippen molar-refractivity contribution in [1.29, 1.82) is 0 Å². The second-order valence-electron chi connectivity index (χ2n) is 4.94. The van der Waals surface area contributed by atoms with Crippen molar-refractivity contribution in [3.63, 3.8) is 0 Å².